The minimum absolute atomic E-state index is 0.0903. The minimum Gasteiger partial charge on any atom is -0.744 e. The van der Waals surface area contributed by atoms with Crippen molar-refractivity contribution in [2.24, 2.45) is 0 Å². The zero-order valence-electron chi connectivity index (χ0n) is 41.5. The summed E-state index contributed by atoms with van der Waals surface area (Å²) in [4.78, 5) is 13.0. The molecule has 0 saturated carbocycles. The zero-order chi connectivity index (χ0) is 50.2. The zero-order valence-corrected chi connectivity index (χ0v) is 42.3. The van der Waals surface area contributed by atoms with Gasteiger partial charge in [-0.3, -0.25) is 4.79 Å². The molecule has 2 aromatic rings. The highest BCUT2D eigenvalue weighted by Crippen LogP contribution is 2.49. The predicted octanol–water partition coefficient (Wildman–Crippen LogP) is 6.77. The van der Waals surface area contributed by atoms with Gasteiger partial charge in [0, 0.05) is 61.2 Å². The van der Waals surface area contributed by atoms with Crippen LogP contribution in [0.5, 0.6) is 0 Å². The molecular weight excluding hydrogens is 921 g/mol. The highest BCUT2D eigenvalue weighted by atomic mass is 32.2. The van der Waals surface area contributed by atoms with Crippen LogP contribution in [0.15, 0.2) is 93.9 Å². The number of ether oxygens (including phenoxy) is 8. The molecule has 384 valence electrons. The molecule has 17 heteroatoms. The average molecular weight is 993 g/mol. The van der Waals surface area contributed by atoms with Crippen LogP contribution in [0.25, 0.3) is 28.5 Å². The molecule has 2 aliphatic heterocycles. The maximum atomic E-state index is 12.1. The molecule has 0 atom stereocenters. The molecule has 2 heterocycles. The van der Waals surface area contributed by atoms with Crippen molar-refractivity contribution in [3.63, 3.8) is 0 Å². The van der Waals surface area contributed by atoms with E-state index >= 15 is 0 Å². The van der Waals surface area contributed by atoms with Gasteiger partial charge in [-0.05, 0) is 72.9 Å². The Morgan fingerprint density at radius 1 is 0.743 bits per heavy atom. The lowest BCUT2D eigenvalue weighted by molar-refractivity contribution is -0.137. The molecule has 0 bridgehead atoms. The number of anilines is 1. The third kappa shape index (κ3) is 17.2. The largest absolute Gasteiger partial charge is 0.744 e. The van der Waals surface area contributed by atoms with Gasteiger partial charge < -0.3 is 56.9 Å². The maximum Gasteiger partial charge on any atom is 0.303 e. The number of unbranched alkanes of at least 4 members (excludes halogenated alkanes) is 2. The van der Waals surface area contributed by atoms with E-state index in [1.54, 1.807) is 20.3 Å². The fourth-order valence-corrected chi connectivity index (χ4v) is 8.74. The number of carboxylic acid groups (broad SMARTS) is 1. The van der Waals surface area contributed by atoms with E-state index in [1.807, 2.05) is 57.2 Å². The fourth-order valence-electron chi connectivity index (χ4n) is 8.24. The van der Waals surface area contributed by atoms with Gasteiger partial charge in [-0.25, -0.2) is 13.0 Å². The number of carbonyl (C=O) groups is 1. The lowest BCUT2D eigenvalue weighted by atomic mass is 9.83. The third-order valence-corrected chi connectivity index (χ3v) is 12.7. The van der Waals surface area contributed by atoms with Gasteiger partial charge in [0.25, 0.3) is 0 Å². The van der Waals surface area contributed by atoms with E-state index in [0.29, 0.717) is 143 Å². The molecule has 0 saturated heterocycles. The summed E-state index contributed by atoms with van der Waals surface area (Å²) in [7, 11) is -1.41. The van der Waals surface area contributed by atoms with Gasteiger partial charge in [0.05, 0.1) is 90.2 Å². The Hall–Kier alpha value is -4.79. The van der Waals surface area contributed by atoms with Crippen LogP contribution in [0.2, 0.25) is 0 Å². The monoisotopic (exact) mass is 992 g/mol. The van der Waals surface area contributed by atoms with E-state index in [4.69, 9.17) is 42.3 Å². The first kappa shape index (κ1) is 56.1. The second kappa shape index (κ2) is 29.5. The molecule has 0 fully saturated rings. The van der Waals surface area contributed by atoms with Crippen molar-refractivity contribution in [1.29, 1.82) is 0 Å². The van der Waals surface area contributed by atoms with E-state index < -0.39 is 21.5 Å². The van der Waals surface area contributed by atoms with Crippen LogP contribution < -0.4 is 14.8 Å². The van der Waals surface area contributed by atoms with Crippen LogP contribution in [0.3, 0.4) is 0 Å². The number of nitrogens with zero attached hydrogens (tertiary/aromatic N) is 2. The van der Waals surface area contributed by atoms with Gasteiger partial charge in [0.2, 0.25) is 5.36 Å². The van der Waals surface area contributed by atoms with Gasteiger partial charge >= 0.3 is 5.97 Å². The molecule has 5 rings (SSSR count). The van der Waals surface area contributed by atoms with Crippen molar-refractivity contribution < 1.29 is 65.2 Å². The molecule has 70 heavy (non-hydrogen) atoms. The van der Waals surface area contributed by atoms with Crippen molar-refractivity contribution in [1.82, 2.24) is 4.58 Å². The van der Waals surface area contributed by atoms with Crippen molar-refractivity contribution >= 4 is 27.9 Å². The van der Waals surface area contributed by atoms with Gasteiger partial charge in [-0.15, -0.1) is 0 Å². The van der Waals surface area contributed by atoms with E-state index in [0.717, 1.165) is 44.6 Å². The average Bonchev–Trinajstić information content (AvgIpc) is 3.55. The summed E-state index contributed by atoms with van der Waals surface area (Å²) in [5, 5.41) is 10.1. The van der Waals surface area contributed by atoms with Crippen molar-refractivity contribution in [3.05, 3.63) is 107 Å². The lowest BCUT2D eigenvalue weighted by Crippen LogP contribution is -2.36. The number of carboxylic acids is 1. The second-order valence-electron chi connectivity index (χ2n) is 17.2. The molecule has 3 aliphatic rings. The highest BCUT2D eigenvalue weighted by Gasteiger charge is 2.40. The first-order valence-electron chi connectivity index (χ1n) is 24.0. The number of methoxy groups -OCH3 is 2. The Bertz CT molecular complexity index is 2410. The molecule has 0 radical (unpaired) electrons. The number of benzene rings is 3. The Labute approximate surface area is 413 Å². The number of fused-ring (bicyclic) bond motifs is 2. The molecule has 0 spiro atoms. The SMILES string of the molecule is COCCOCCOCCOCC[N+](CCOCCOCCOCCOC)=c1ccc2c(-c3ccccc3)c(C)c(/C=C/C=C3/N(CCCCCC(=O)O)c4ccc(S(=O)(=O)[O-])cc4C3(C)C)oc-2c1. The van der Waals surface area contributed by atoms with Gasteiger partial charge in [0.1, 0.15) is 34.9 Å². The third-order valence-electron chi connectivity index (χ3n) is 11.9. The van der Waals surface area contributed by atoms with Crippen LogP contribution in [-0.2, 0) is 58.2 Å². The van der Waals surface area contributed by atoms with E-state index in [2.05, 4.69) is 39.8 Å². The van der Waals surface area contributed by atoms with Crippen LogP contribution in [0.4, 0.5) is 5.69 Å². The van der Waals surface area contributed by atoms with Gasteiger partial charge in [-0.2, -0.15) is 0 Å². The van der Waals surface area contributed by atoms with Crippen LogP contribution in [-0.4, -0.2) is 150 Å². The van der Waals surface area contributed by atoms with Crippen LogP contribution in [0, 0.1) is 6.92 Å². The fraction of sp³-hybridized carbons (Fsp3) is 0.509. The Morgan fingerprint density at radius 2 is 1.31 bits per heavy atom. The summed E-state index contributed by atoms with van der Waals surface area (Å²) < 4.78 is 89.7. The van der Waals surface area contributed by atoms with Crippen LogP contribution in [0.1, 0.15) is 56.4 Å². The van der Waals surface area contributed by atoms with Crippen molar-refractivity contribution in [2.75, 3.05) is 131 Å². The Balaban J connectivity index is 1.44. The first-order chi connectivity index (χ1) is 33.9. The van der Waals surface area contributed by atoms with Crippen LogP contribution >= 0.6 is 0 Å². The lowest BCUT2D eigenvalue weighted by Gasteiger charge is -2.27. The van der Waals surface area contributed by atoms with Gasteiger partial charge in [0.15, 0.2) is 13.1 Å². The Kier molecular flexibility index (Phi) is 23.7. The number of aliphatic carboxylic acids is 1. The van der Waals surface area contributed by atoms with E-state index in [1.165, 1.54) is 12.1 Å². The number of rotatable bonds is 34. The van der Waals surface area contributed by atoms with E-state index in [-0.39, 0.29) is 11.3 Å². The number of hydrogen-bond donors (Lipinski definition) is 1. The molecule has 1 aliphatic carbocycles. The first-order valence-corrected chi connectivity index (χ1v) is 25.4. The number of hydrogen-bond acceptors (Lipinski definition) is 14. The second-order valence-corrected chi connectivity index (χ2v) is 18.6. The maximum absolute atomic E-state index is 12.1. The summed E-state index contributed by atoms with van der Waals surface area (Å²) in [5.74, 6) is 0.507. The number of allylic oxidation sites excluding steroid dienone is 3. The topological polar surface area (TPSA) is 188 Å². The molecular formula is C53H72N2O14S. The molecule has 2 aromatic carbocycles. The summed E-state index contributed by atoms with van der Waals surface area (Å²) in [6.07, 6.45) is 7.94. The summed E-state index contributed by atoms with van der Waals surface area (Å²) in [6, 6.07) is 21.0. The highest BCUT2D eigenvalue weighted by molar-refractivity contribution is 7.85. The van der Waals surface area contributed by atoms with Gasteiger partial charge in [-0.1, -0.05) is 56.7 Å². The normalized spacial score (nSPS) is 14.1. The van der Waals surface area contributed by atoms with E-state index in [9.17, 15) is 22.9 Å². The quantitative estimate of drug-likeness (QED) is 0.0293. The molecule has 16 nitrogen and oxygen atoms in total. The minimum atomic E-state index is -4.69. The summed E-state index contributed by atoms with van der Waals surface area (Å²) >= 11 is 0. The molecule has 0 amide bonds. The van der Waals surface area contributed by atoms with Crippen molar-refractivity contribution in [3.8, 4) is 22.5 Å². The smallest absolute Gasteiger partial charge is 0.303 e. The predicted molar refractivity (Wildman–Crippen MR) is 267 cm³/mol. The van der Waals surface area contributed by atoms with Crippen molar-refractivity contribution in [2.45, 2.75) is 56.8 Å². The summed E-state index contributed by atoms with van der Waals surface area (Å²) in [5.41, 5.74) is 5.74. The molecule has 1 N–H and O–H groups in total. The summed E-state index contributed by atoms with van der Waals surface area (Å²) in [6.45, 7) is 14.5. The molecule has 0 aromatic heterocycles. The Morgan fingerprint density at radius 3 is 1.87 bits per heavy atom. The molecule has 0 unspecified atom stereocenters. The standard InChI is InChI=1S/C53H72N2O14S/c1-41-48(15-12-16-50-53(2,3)46-40-44(70(58,59)60)19-21-47(46)55(50)22-11-7-10-17-51(56)57)69-49-39-43(18-20-45(49)52(41)42-13-8-6-9-14-42)54(23-25-63-31-33-67-37-35-65-29-27-61-4)24-26-64-32-34-68-38-36-66-30-28-62-5/h6,8-9,12-16,18-21,39-40H,7,10-11,17,22-38H2,1-5H3,(H-,56,57,58,59,60).